The van der Waals surface area contributed by atoms with Gasteiger partial charge in [-0.3, -0.25) is 14.5 Å². The number of amides is 1. The largest absolute Gasteiger partial charge is 0.379 e. The molecule has 1 amide bonds. The van der Waals surface area contributed by atoms with Crippen LogP contribution in [0.25, 0.3) is 0 Å². The van der Waals surface area contributed by atoms with Crippen LogP contribution in [0, 0.1) is 5.92 Å². The van der Waals surface area contributed by atoms with E-state index in [0.29, 0.717) is 12.5 Å². The summed E-state index contributed by atoms with van der Waals surface area (Å²) in [6.07, 6.45) is 3.80. The molecule has 6 nitrogen and oxygen atoms in total. The summed E-state index contributed by atoms with van der Waals surface area (Å²) in [4.78, 5) is 29.7. The number of carbonyl (C=O) groups is 1. The van der Waals surface area contributed by atoms with E-state index in [0.717, 1.165) is 69.8 Å². The van der Waals surface area contributed by atoms with E-state index in [2.05, 4.69) is 22.1 Å². The van der Waals surface area contributed by atoms with E-state index in [1.807, 2.05) is 0 Å². The lowest BCUT2D eigenvalue weighted by Crippen LogP contribution is -2.38. The summed E-state index contributed by atoms with van der Waals surface area (Å²) in [5, 5.41) is 2.88. The van der Waals surface area contributed by atoms with Gasteiger partial charge < -0.3 is 15.0 Å². The van der Waals surface area contributed by atoms with Crippen LogP contribution >= 0.6 is 0 Å². The Morgan fingerprint density at radius 3 is 3.00 bits per heavy atom. The molecular formula is C18H27N3O3. The Bertz CT molecular complexity index is 635. The molecule has 1 saturated heterocycles. The normalized spacial score (nSPS) is 21.3. The number of nitrogens with one attached hydrogen (secondary N) is 2. The first-order chi connectivity index (χ1) is 11.6. The van der Waals surface area contributed by atoms with Gasteiger partial charge in [0.2, 0.25) is 0 Å². The summed E-state index contributed by atoms with van der Waals surface area (Å²) >= 11 is 0. The summed E-state index contributed by atoms with van der Waals surface area (Å²) < 4.78 is 5.32. The third kappa shape index (κ3) is 4.24. The van der Waals surface area contributed by atoms with Crippen molar-refractivity contribution in [2.45, 2.75) is 32.6 Å². The number of nitrogens with zero attached hydrogens (tertiary/aromatic N) is 1. The fourth-order valence-electron chi connectivity index (χ4n) is 3.48. The molecule has 1 aliphatic heterocycles. The van der Waals surface area contributed by atoms with Gasteiger partial charge in [-0.25, -0.2) is 0 Å². The Morgan fingerprint density at radius 2 is 2.21 bits per heavy atom. The van der Waals surface area contributed by atoms with Crippen molar-refractivity contribution in [3.05, 3.63) is 33.2 Å². The lowest BCUT2D eigenvalue weighted by atomic mass is 9.87. The maximum atomic E-state index is 12.3. The van der Waals surface area contributed by atoms with Crippen molar-refractivity contribution in [3.8, 4) is 0 Å². The van der Waals surface area contributed by atoms with Gasteiger partial charge in [-0.05, 0) is 49.8 Å². The van der Waals surface area contributed by atoms with Crippen molar-refractivity contribution in [2.75, 3.05) is 39.4 Å². The average Bonchev–Trinajstić information content (AvgIpc) is 2.59. The van der Waals surface area contributed by atoms with E-state index in [9.17, 15) is 9.59 Å². The molecule has 1 unspecified atom stereocenters. The molecule has 1 aromatic heterocycles. The fraction of sp³-hybridized carbons (Fsp3) is 0.667. The lowest BCUT2D eigenvalue weighted by molar-refractivity contribution is 0.0374. The van der Waals surface area contributed by atoms with Crippen LogP contribution in [0.3, 0.4) is 0 Å². The molecule has 0 spiro atoms. The third-order valence-corrected chi connectivity index (χ3v) is 4.96. The van der Waals surface area contributed by atoms with Crippen molar-refractivity contribution < 1.29 is 9.53 Å². The number of rotatable bonds is 5. The number of fused-ring (bicyclic) bond motifs is 1. The smallest absolute Gasteiger partial charge is 0.261 e. The van der Waals surface area contributed by atoms with Gasteiger partial charge in [0.15, 0.2) is 0 Å². The predicted octanol–water partition coefficient (Wildman–Crippen LogP) is 0.952. The molecule has 2 heterocycles. The number of aryl methyl sites for hydroxylation is 1. The molecule has 1 aliphatic carbocycles. The molecule has 0 saturated carbocycles. The van der Waals surface area contributed by atoms with Gasteiger partial charge in [0.1, 0.15) is 5.56 Å². The first kappa shape index (κ1) is 17.2. The van der Waals surface area contributed by atoms with Crippen molar-refractivity contribution >= 4 is 5.91 Å². The molecule has 0 aromatic carbocycles. The monoisotopic (exact) mass is 333 g/mol. The Morgan fingerprint density at radius 1 is 1.42 bits per heavy atom. The van der Waals surface area contributed by atoms with Gasteiger partial charge in [0.05, 0.1) is 13.2 Å². The van der Waals surface area contributed by atoms with Crippen LogP contribution in [-0.4, -0.2) is 55.2 Å². The van der Waals surface area contributed by atoms with Crippen molar-refractivity contribution in [1.82, 2.24) is 15.2 Å². The molecule has 3 rings (SSSR count). The van der Waals surface area contributed by atoms with E-state index in [4.69, 9.17) is 4.74 Å². The quantitative estimate of drug-likeness (QED) is 0.787. The minimum absolute atomic E-state index is 0.245. The van der Waals surface area contributed by atoms with Crippen LogP contribution in [0.15, 0.2) is 10.9 Å². The molecular weight excluding hydrogens is 306 g/mol. The fourth-order valence-corrected chi connectivity index (χ4v) is 3.48. The van der Waals surface area contributed by atoms with E-state index in [1.165, 1.54) is 0 Å². The van der Waals surface area contributed by atoms with E-state index < -0.39 is 0 Å². The Hall–Kier alpha value is -1.66. The van der Waals surface area contributed by atoms with Crippen LogP contribution in [-0.2, 0) is 17.6 Å². The zero-order chi connectivity index (χ0) is 16.9. The zero-order valence-electron chi connectivity index (χ0n) is 14.4. The van der Waals surface area contributed by atoms with Gasteiger partial charge in [0.25, 0.3) is 11.5 Å². The van der Waals surface area contributed by atoms with Gasteiger partial charge in [-0.2, -0.15) is 0 Å². The summed E-state index contributed by atoms with van der Waals surface area (Å²) in [7, 11) is 0. The van der Waals surface area contributed by atoms with E-state index >= 15 is 0 Å². The highest BCUT2D eigenvalue weighted by molar-refractivity contribution is 5.94. The van der Waals surface area contributed by atoms with Crippen molar-refractivity contribution in [2.24, 2.45) is 5.92 Å². The second kappa shape index (κ2) is 7.94. The number of hydrogen-bond donors (Lipinski definition) is 2. The number of carbonyl (C=O) groups excluding carboxylic acids is 1. The van der Waals surface area contributed by atoms with Crippen LogP contribution in [0.5, 0.6) is 0 Å². The number of pyridine rings is 1. The highest BCUT2D eigenvalue weighted by Gasteiger charge is 2.20. The second-order valence-corrected chi connectivity index (χ2v) is 6.93. The third-order valence-electron chi connectivity index (χ3n) is 4.96. The molecule has 132 valence electrons. The molecule has 6 heteroatoms. The molecule has 24 heavy (non-hydrogen) atoms. The molecule has 1 aromatic rings. The van der Waals surface area contributed by atoms with E-state index in [1.54, 1.807) is 6.07 Å². The molecule has 2 N–H and O–H groups in total. The number of aromatic amines is 1. The van der Waals surface area contributed by atoms with Gasteiger partial charge in [-0.15, -0.1) is 0 Å². The highest BCUT2D eigenvalue weighted by Crippen LogP contribution is 2.23. The Balaban J connectivity index is 1.53. The van der Waals surface area contributed by atoms with E-state index in [-0.39, 0.29) is 17.0 Å². The molecule has 0 radical (unpaired) electrons. The summed E-state index contributed by atoms with van der Waals surface area (Å²) in [5.74, 6) is 0.340. The minimum atomic E-state index is -0.269. The zero-order valence-corrected chi connectivity index (χ0v) is 14.4. The number of aromatic nitrogens is 1. The molecule has 1 atom stereocenters. The van der Waals surface area contributed by atoms with Gasteiger partial charge in [0, 0.05) is 25.3 Å². The lowest BCUT2D eigenvalue weighted by Gasteiger charge is -2.26. The van der Waals surface area contributed by atoms with Gasteiger partial charge >= 0.3 is 0 Å². The SMILES string of the molecule is CC1CCc2[nH]c(=O)c(C(=O)NCCCN3CCOCC3)cc2C1. The topological polar surface area (TPSA) is 74.4 Å². The van der Waals surface area contributed by atoms with Crippen molar-refractivity contribution in [1.29, 1.82) is 0 Å². The van der Waals surface area contributed by atoms with Crippen LogP contribution in [0.4, 0.5) is 0 Å². The number of hydrogen-bond acceptors (Lipinski definition) is 4. The Labute approximate surface area is 142 Å². The minimum Gasteiger partial charge on any atom is -0.379 e. The number of H-pyrrole nitrogens is 1. The highest BCUT2D eigenvalue weighted by atomic mass is 16.5. The van der Waals surface area contributed by atoms with Crippen LogP contribution < -0.4 is 10.9 Å². The standard InChI is InChI=1S/C18H27N3O3/c1-13-3-4-16-14(11-13)12-15(18(23)20-16)17(22)19-5-2-6-21-7-9-24-10-8-21/h12-13H,2-11H2,1H3,(H,19,22)(H,20,23). The second-order valence-electron chi connectivity index (χ2n) is 6.93. The number of morpholine rings is 1. The van der Waals surface area contributed by atoms with Crippen molar-refractivity contribution in [3.63, 3.8) is 0 Å². The summed E-state index contributed by atoms with van der Waals surface area (Å²) in [6, 6.07) is 1.79. The van der Waals surface area contributed by atoms with Gasteiger partial charge in [-0.1, -0.05) is 6.92 Å². The summed E-state index contributed by atoms with van der Waals surface area (Å²) in [5.41, 5.74) is 2.09. The molecule has 0 bridgehead atoms. The number of ether oxygens (including phenoxy) is 1. The Kier molecular flexibility index (Phi) is 5.68. The average molecular weight is 333 g/mol. The van der Waals surface area contributed by atoms with Crippen LogP contribution in [0.2, 0.25) is 0 Å². The first-order valence-corrected chi connectivity index (χ1v) is 8.97. The molecule has 2 aliphatic rings. The van der Waals surface area contributed by atoms with Crippen LogP contribution in [0.1, 0.15) is 41.4 Å². The predicted molar refractivity (Wildman–Crippen MR) is 92.5 cm³/mol. The first-order valence-electron chi connectivity index (χ1n) is 8.97. The molecule has 1 fully saturated rings. The summed E-state index contributed by atoms with van der Waals surface area (Å²) in [6.45, 7) is 7.22. The maximum absolute atomic E-state index is 12.3. The maximum Gasteiger partial charge on any atom is 0.261 e.